The van der Waals surface area contributed by atoms with Crippen molar-refractivity contribution in [2.24, 2.45) is 16.3 Å². The van der Waals surface area contributed by atoms with E-state index in [0.717, 1.165) is 16.4 Å². The van der Waals surface area contributed by atoms with E-state index >= 15 is 0 Å². The predicted molar refractivity (Wildman–Crippen MR) is 58.5 cm³/mol. The Morgan fingerprint density at radius 2 is 2.00 bits per heavy atom. The third-order valence-electron chi connectivity index (χ3n) is 2.33. The first kappa shape index (κ1) is 10.2. The molecule has 0 radical (unpaired) electrons. The summed E-state index contributed by atoms with van der Waals surface area (Å²) in [6, 6.07) is 0. The van der Waals surface area contributed by atoms with E-state index in [1.54, 1.807) is 7.05 Å². The Labute approximate surface area is 87.5 Å². The molecular weight excluding hydrogens is 265 g/mol. The summed E-state index contributed by atoms with van der Waals surface area (Å²) < 4.78 is 0.909. The largest absolute Gasteiger partial charge is 0.292 e. The molecule has 3 nitrogen and oxygen atoms in total. The van der Waals surface area contributed by atoms with Crippen molar-refractivity contribution < 1.29 is 0 Å². The van der Waals surface area contributed by atoms with Gasteiger partial charge in [-0.1, -0.05) is 27.8 Å². The molecule has 1 aliphatic carbocycles. The van der Waals surface area contributed by atoms with Crippen molar-refractivity contribution in [3.8, 4) is 0 Å². The molecule has 0 spiro atoms. The van der Waals surface area contributed by atoms with E-state index in [-0.39, 0.29) is 0 Å². The zero-order valence-corrected chi connectivity index (χ0v) is 9.62. The van der Waals surface area contributed by atoms with Gasteiger partial charge in [-0.15, -0.1) is 0 Å². The molecule has 0 aliphatic heterocycles. The smallest absolute Gasteiger partial charge is 0.0509 e. The lowest BCUT2D eigenvalue weighted by atomic mass is 9.89. The summed E-state index contributed by atoms with van der Waals surface area (Å²) in [5.74, 6) is 0.821. The van der Waals surface area contributed by atoms with Gasteiger partial charge >= 0.3 is 0 Å². The van der Waals surface area contributed by atoms with Crippen LogP contribution < -0.4 is 5.43 Å². The normalized spacial score (nSPS) is 30.8. The molecule has 0 unspecified atom stereocenters. The van der Waals surface area contributed by atoms with Gasteiger partial charge in [0.1, 0.15) is 0 Å². The molecule has 1 N–H and O–H groups in total. The van der Waals surface area contributed by atoms with E-state index in [2.05, 4.69) is 38.4 Å². The Bertz CT molecular complexity index is 141. The topological polar surface area (TPSA) is 36.8 Å². The Kier molecular flexibility index (Phi) is 4.87. The van der Waals surface area contributed by atoms with Gasteiger partial charge in [-0.25, -0.2) is 0 Å². The van der Waals surface area contributed by atoms with Crippen molar-refractivity contribution in [2.75, 3.05) is 13.6 Å². The first-order valence-corrected chi connectivity index (χ1v) is 5.73. The minimum absolute atomic E-state index is 0.821. The Morgan fingerprint density at radius 3 is 2.58 bits per heavy atom. The van der Waals surface area contributed by atoms with E-state index in [1.165, 1.54) is 25.7 Å². The zero-order valence-electron chi connectivity index (χ0n) is 7.46. The summed E-state index contributed by atoms with van der Waals surface area (Å²) in [5, 5.41) is 7.41. The summed E-state index contributed by atoms with van der Waals surface area (Å²) in [4.78, 5) is 0. The average Bonchev–Trinajstić information content (AvgIpc) is 2.09. The Morgan fingerprint density at radius 1 is 1.33 bits per heavy atom. The van der Waals surface area contributed by atoms with Gasteiger partial charge in [-0.2, -0.15) is 5.11 Å². The molecule has 4 heteroatoms. The Balaban J connectivity index is 2.09. The van der Waals surface area contributed by atoms with Crippen molar-refractivity contribution in [1.29, 1.82) is 0 Å². The van der Waals surface area contributed by atoms with Crippen LogP contribution in [0.3, 0.4) is 0 Å². The molecule has 0 amide bonds. The molecule has 0 aromatic carbocycles. The number of rotatable bonds is 3. The highest BCUT2D eigenvalue weighted by atomic mass is 127. The predicted octanol–water partition coefficient (Wildman–Crippen LogP) is 2.57. The highest BCUT2D eigenvalue weighted by Gasteiger charge is 2.18. The fraction of sp³-hybridized carbons (Fsp3) is 1.00. The first-order chi connectivity index (χ1) is 5.83. The van der Waals surface area contributed by atoms with Crippen LogP contribution in [0.15, 0.2) is 10.3 Å². The van der Waals surface area contributed by atoms with Crippen LogP contribution in [-0.4, -0.2) is 17.5 Å². The second-order valence-electron chi connectivity index (χ2n) is 3.28. The van der Waals surface area contributed by atoms with Gasteiger partial charge in [-0.3, -0.25) is 5.43 Å². The highest BCUT2D eigenvalue weighted by Crippen LogP contribution is 2.28. The van der Waals surface area contributed by atoms with Gasteiger partial charge < -0.3 is 0 Å². The molecule has 0 aromatic heterocycles. The van der Waals surface area contributed by atoms with Gasteiger partial charge in [0.2, 0.25) is 0 Å². The van der Waals surface area contributed by atoms with Crippen LogP contribution in [0.4, 0.5) is 0 Å². The van der Waals surface area contributed by atoms with Crippen LogP contribution in [0.25, 0.3) is 0 Å². The lowest BCUT2D eigenvalue weighted by molar-refractivity contribution is 0.353. The fourth-order valence-corrected chi connectivity index (χ4v) is 2.29. The monoisotopic (exact) mass is 281 g/mol. The number of alkyl halides is 1. The van der Waals surface area contributed by atoms with Gasteiger partial charge in [0, 0.05) is 10.5 Å². The van der Waals surface area contributed by atoms with Crippen molar-refractivity contribution in [2.45, 2.75) is 29.6 Å². The van der Waals surface area contributed by atoms with Crippen LogP contribution in [-0.2, 0) is 0 Å². The molecule has 0 aromatic rings. The summed E-state index contributed by atoms with van der Waals surface area (Å²) in [6.07, 6.45) is 5.44. The van der Waals surface area contributed by atoms with Crippen LogP contribution in [0, 0.1) is 5.92 Å². The highest BCUT2D eigenvalue weighted by molar-refractivity contribution is 14.1. The maximum Gasteiger partial charge on any atom is 0.0509 e. The van der Waals surface area contributed by atoms with Crippen LogP contribution in [0.1, 0.15) is 25.7 Å². The molecule has 12 heavy (non-hydrogen) atoms. The van der Waals surface area contributed by atoms with Crippen LogP contribution >= 0.6 is 22.6 Å². The summed E-state index contributed by atoms with van der Waals surface area (Å²) in [7, 11) is 1.69. The molecule has 1 aliphatic rings. The van der Waals surface area contributed by atoms with Crippen LogP contribution in [0.2, 0.25) is 0 Å². The zero-order chi connectivity index (χ0) is 8.81. The SMILES string of the molecule is CN=NNCC1CCC(I)CC1. The molecule has 0 atom stereocenters. The van der Waals surface area contributed by atoms with E-state index in [4.69, 9.17) is 0 Å². The maximum atomic E-state index is 3.76. The lowest BCUT2D eigenvalue weighted by Crippen LogP contribution is -2.23. The minimum Gasteiger partial charge on any atom is -0.292 e. The van der Waals surface area contributed by atoms with Crippen molar-refractivity contribution in [3.63, 3.8) is 0 Å². The van der Waals surface area contributed by atoms with E-state index < -0.39 is 0 Å². The van der Waals surface area contributed by atoms with Gasteiger partial charge in [-0.05, 0) is 31.6 Å². The lowest BCUT2D eigenvalue weighted by Gasteiger charge is -2.24. The number of halogens is 1. The Hall–Kier alpha value is 0.130. The second kappa shape index (κ2) is 5.72. The molecule has 1 rings (SSSR count). The van der Waals surface area contributed by atoms with Crippen molar-refractivity contribution >= 4 is 22.6 Å². The summed E-state index contributed by atoms with van der Waals surface area (Å²) >= 11 is 2.55. The van der Waals surface area contributed by atoms with E-state index in [1.807, 2.05) is 0 Å². The molecular formula is C8H16IN3. The van der Waals surface area contributed by atoms with Crippen LogP contribution in [0.5, 0.6) is 0 Å². The van der Waals surface area contributed by atoms with Crippen molar-refractivity contribution in [1.82, 2.24) is 5.43 Å². The summed E-state index contributed by atoms with van der Waals surface area (Å²) in [6.45, 7) is 1.00. The van der Waals surface area contributed by atoms with E-state index in [0.29, 0.717) is 0 Å². The standard InChI is InChI=1S/C8H16IN3/c1-10-12-11-6-7-2-4-8(9)5-3-7/h7-8H,2-6H2,1H3,(H,10,11). The third-order valence-corrected chi connectivity index (χ3v) is 3.57. The van der Waals surface area contributed by atoms with Gasteiger partial charge in [0.05, 0.1) is 7.05 Å². The molecule has 0 bridgehead atoms. The molecule has 1 fully saturated rings. The number of nitrogens with one attached hydrogen (secondary N) is 1. The first-order valence-electron chi connectivity index (χ1n) is 4.48. The summed E-state index contributed by atoms with van der Waals surface area (Å²) in [5.41, 5.74) is 2.98. The number of hydrogen-bond donors (Lipinski definition) is 1. The fourth-order valence-electron chi connectivity index (χ4n) is 1.57. The minimum atomic E-state index is 0.821. The average molecular weight is 281 g/mol. The van der Waals surface area contributed by atoms with Crippen molar-refractivity contribution in [3.05, 3.63) is 0 Å². The molecule has 0 heterocycles. The number of hydrogen-bond acceptors (Lipinski definition) is 2. The molecule has 1 saturated carbocycles. The molecule has 0 saturated heterocycles. The maximum absolute atomic E-state index is 3.76. The van der Waals surface area contributed by atoms with E-state index in [9.17, 15) is 0 Å². The third kappa shape index (κ3) is 3.69. The van der Waals surface area contributed by atoms with Gasteiger partial charge in [0.15, 0.2) is 0 Å². The van der Waals surface area contributed by atoms with Gasteiger partial charge in [0.25, 0.3) is 0 Å². The number of nitrogens with zero attached hydrogens (tertiary/aromatic N) is 2. The second-order valence-corrected chi connectivity index (χ2v) is 5.04. The molecule has 70 valence electrons. The quantitative estimate of drug-likeness (QED) is 0.367.